The third-order valence-electron chi connectivity index (χ3n) is 6.74. The van der Waals surface area contributed by atoms with Gasteiger partial charge in [-0.1, -0.05) is 23.7 Å². The summed E-state index contributed by atoms with van der Waals surface area (Å²) in [5.74, 6) is -2.43. The van der Waals surface area contributed by atoms with Gasteiger partial charge in [-0.2, -0.15) is 0 Å². The molecule has 9 heteroatoms. The summed E-state index contributed by atoms with van der Waals surface area (Å²) >= 11 is 6.29. The number of ether oxygens (including phenoxy) is 1. The van der Waals surface area contributed by atoms with E-state index in [0.29, 0.717) is 23.6 Å². The average molecular weight is 436 g/mol. The van der Waals surface area contributed by atoms with Crippen LogP contribution in [-0.4, -0.2) is 65.2 Å². The second-order valence-corrected chi connectivity index (χ2v) is 8.78. The molecule has 3 saturated heterocycles. The highest BCUT2D eigenvalue weighted by Crippen LogP contribution is 2.58. The Morgan fingerprint density at radius 3 is 2.77 bits per heavy atom. The number of benzene rings is 1. The maximum absolute atomic E-state index is 13.5. The number of aliphatic hydroxyl groups is 1. The highest BCUT2D eigenvalue weighted by atomic mass is 35.5. The van der Waals surface area contributed by atoms with Gasteiger partial charge >= 0.3 is 0 Å². The highest BCUT2D eigenvalue weighted by molar-refractivity contribution is 6.34. The molecule has 30 heavy (non-hydrogen) atoms. The van der Waals surface area contributed by atoms with Gasteiger partial charge in [0.05, 0.1) is 41.3 Å². The minimum atomic E-state index is -1.10. The number of hydrogen-bond donors (Lipinski definition) is 3. The maximum Gasteiger partial charge on any atom is 0.250 e. The molecule has 0 aliphatic carbocycles. The molecule has 162 valence electrons. The van der Waals surface area contributed by atoms with Crippen molar-refractivity contribution >= 4 is 35.0 Å². The van der Waals surface area contributed by atoms with Crippen LogP contribution in [0.2, 0.25) is 5.02 Å². The van der Waals surface area contributed by atoms with Crippen LogP contribution in [0.4, 0.5) is 5.69 Å². The molecule has 2 unspecified atom stereocenters. The number of nitrogens with one attached hydrogen (secondary N) is 2. The van der Waals surface area contributed by atoms with Crippen LogP contribution in [0.15, 0.2) is 18.2 Å². The molecule has 6 atom stereocenters. The lowest BCUT2D eigenvalue weighted by Crippen LogP contribution is -2.55. The third kappa shape index (κ3) is 2.85. The van der Waals surface area contributed by atoms with Gasteiger partial charge in [-0.3, -0.25) is 14.4 Å². The fourth-order valence-corrected chi connectivity index (χ4v) is 5.67. The van der Waals surface area contributed by atoms with Gasteiger partial charge in [0.2, 0.25) is 17.7 Å². The molecule has 8 nitrogen and oxygen atoms in total. The minimum absolute atomic E-state index is 0.264. The Morgan fingerprint density at radius 2 is 2.13 bits per heavy atom. The molecule has 2 bridgehead atoms. The molecule has 0 radical (unpaired) electrons. The van der Waals surface area contributed by atoms with Crippen molar-refractivity contribution in [1.82, 2.24) is 10.2 Å². The first-order valence-corrected chi connectivity index (χ1v) is 10.5. The van der Waals surface area contributed by atoms with Crippen molar-refractivity contribution in [3.63, 3.8) is 0 Å². The van der Waals surface area contributed by atoms with Crippen molar-refractivity contribution < 1.29 is 24.2 Å². The Hall–Kier alpha value is -2.16. The van der Waals surface area contributed by atoms with Gasteiger partial charge in [-0.25, -0.2) is 0 Å². The average Bonchev–Trinajstić information content (AvgIpc) is 3.37. The minimum Gasteiger partial charge on any atom is -0.394 e. The Bertz CT molecular complexity index is 888. The Labute approximate surface area is 179 Å². The largest absolute Gasteiger partial charge is 0.394 e. The summed E-state index contributed by atoms with van der Waals surface area (Å²) in [5.41, 5.74) is 0.168. The molecule has 0 saturated carbocycles. The Kier molecular flexibility index (Phi) is 5.28. The lowest BCUT2D eigenvalue weighted by atomic mass is 9.70. The van der Waals surface area contributed by atoms with Crippen LogP contribution < -0.4 is 10.6 Å². The number of fused-ring (bicyclic) bond motifs is 1. The summed E-state index contributed by atoms with van der Waals surface area (Å²) in [6, 6.07) is 3.73. The monoisotopic (exact) mass is 435 g/mol. The molecule has 3 aliphatic rings. The van der Waals surface area contributed by atoms with E-state index < -0.39 is 41.5 Å². The summed E-state index contributed by atoms with van der Waals surface area (Å²) in [5, 5.41) is 15.7. The molecular weight excluding hydrogens is 410 g/mol. The number of para-hydroxylation sites is 1. The molecule has 4 rings (SSSR count). The van der Waals surface area contributed by atoms with Crippen LogP contribution in [0.3, 0.4) is 0 Å². The number of hydrogen-bond acceptors (Lipinski definition) is 5. The number of amides is 3. The number of carbonyl (C=O) groups excluding carboxylic acids is 3. The van der Waals surface area contributed by atoms with E-state index in [1.54, 1.807) is 19.1 Å². The third-order valence-corrected chi connectivity index (χ3v) is 7.06. The molecule has 1 aromatic rings. The van der Waals surface area contributed by atoms with Crippen molar-refractivity contribution in [3.8, 4) is 0 Å². The second kappa shape index (κ2) is 7.51. The fourth-order valence-electron chi connectivity index (χ4n) is 5.40. The summed E-state index contributed by atoms with van der Waals surface area (Å²) in [4.78, 5) is 40.9. The number of carbonyl (C=O) groups is 3. The number of aryl methyl sites for hydroxylation is 1. The van der Waals surface area contributed by atoms with Crippen molar-refractivity contribution in [2.24, 2.45) is 11.8 Å². The zero-order chi connectivity index (χ0) is 21.8. The van der Waals surface area contributed by atoms with E-state index in [9.17, 15) is 19.5 Å². The quantitative estimate of drug-likeness (QED) is 0.641. The number of nitrogens with zero attached hydrogens (tertiary/aromatic N) is 1. The summed E-state index contributed by atoms with van der Waals surface area (Å²) in [6.07, 6.45) is 0.691. The lowest BCUT2D eigenvalue weighted by Gasteiger charge is -2.35. The molecule has 1 spiro atoms. The topological polar surface area (TPSA) is 108 Å². The number of likely N-dealkylation sites (tertiary alicyclic amines) is 1. The van der Waals surface area contributed by atoms with E-state index in [0.717, 1.165) is 5.56 Å². The second-order valence-electron chi connectivity index (χ2n) is 8.37. The van der Waals surface area contributed by atoms with Crippen molar-refractivity contribution in [2.75, 3.05) is 19.0 Å². The molecule has 3 amide bonds. The van der Waals surface area contributed by atoms with Gasteiger partial charge in [0.25, 0.3) is 0 Å². The van der Waals surface area contributed by atoms with Crippen molar-refractivity contribution in [3.05, 3.63) is 28.8 Å². The fraction of sp³-hybridized carbons (Fsp3) is 0.571. The van der Waals surface area contributed by atoms with E-state index in [-0.39, 0.29) is 18.4 Å². The van der Waals surface area contributed by atoms with E-state index in [1.807, 2.05) is 13.0 Å². The van der Waals surface area contributed by atoms with E-state index in [2.05, 4.69) is 10.6 Å². The molecular formula is C21H26ClN3O5. The molecule has 0 aromatic heterocycles. The summed E-state index contributed by atoms with van der Waals surface area (Å²) in [6.45, 7) is 3.20. The van der Waals surface area contributed by atoms with Gasteiger partial charge < -0.3 is 25.4 Å². The van der Waals surface area contributed by atoms with E-state index in [1.165, 1.54) is 11.9 Å². The van der Waals surface area contributed by atoms with Crippen LogP contribution in [0.25, 0.3) is 0 Å². The zero-order valence-corrected chi connectivity index (χ0v) is 17.9. The number of anilines is 1. The predicted molar refractivity (Wildman–Crippen MR) is 110 cm³/mol. The molecule has 1 aromatic carbocycles. The normalized spacial score (nSPS) is 32.8. The van der Waals surface area contributed by atoms with Crippen molar-refractivity contribution in [2.45, 2.75) is 50.5 Å². The highest BCUT2D eigenvalue weighted by Gasteiger charge is 2.74. The van der Waals surface area contributed by atoms with Crippen LogP contribution in [-0.2, 0) is 19.1 Å². The van der Waals surface area contributed by atoms with E-state index in [4.69, 9.17) is 16.3 Å². The van der Waals surface area contributed by atoms with Gasteiger partial charge in [-0.15, -0.1) is 0 Å². The van der Waals surface area contributed by atoms with Gasteiger partial charge in [-0.05, 0) is 38.3 Å². The summed E-state index contributed by atoms with van der Waals surface area (Å²) in [7, 11) is 1.53. The molecule has 3 N–H and O–H groups in total. The molecule has 3 aliphatic heterocycles. The van der Waals surface area contributed by atoms with Gasteiger partial charge in [0.1, 0.15) is 11.6 Å². The Balaban J connectivity index is 1.76. The molecule has 3 heterocycles. The first kappa shape index (κ1) is 21.1. The number of rotatable bonds is 5. The number of aliphatic hydroxyl groups excluding tert-OH is 1. The standard InChI is InChI=1S/C21H26ClN3O5/c1-10-5-4-6-12(22)16(10)24-19(28)17-21-8-7-13(30-21)14(18(27)23-3)15(21)20(29)25(17)11(2)9-26/h4-6,11,13-15,17,26H,7-9H2,1-3H3,(H,23,27)(H,24,28)/t11-,13+,14-,15+,17?,21?/m1/s1. The van der Waals surface area contributed by atoms with Crippen molar-refractivity contribution in [1.29, 1.82) is 0 Å². The van der Waals surface area contributed by atoms with E-state index >= 15 is 0 Å². The van der Waals surface area contributed by atoms with Crippen LogP contribution in [0.1, 0.15) is 25.3 Å². The smallest absolute Gasteiger partial charge is 0.250 e. The van der Waals surface area contributed by atoms with Gasteiger partial charge in [0.15, 0.2) is 0 Å². The van der Waals surface area contributed by atoms with Gasteiger partial charge in [0, 0.05) is 7.05 Å². The summed E-state index contributed by atoms with van der Waals surface area (Å²) < 4.78 is 6.25. The van der Waals surface area contributed by atoms with Crippen LogP contribution in [0.5, 0.6) is 0 Å². The maximum atomic E-state index is 13.5. The molecule has 3 fully saturated rings. The SMILES string of the molecule is CNC(=O)[C@@H]1[C@@H]2CCC3(O2)C(C(=O)Nc2c(C)cccc2Cl)N([C@H](C)CO)C(=O)[C@H]13. The first-order chi connectivity index (χ1) is 14.3. The first-order valence-electron chi connectivity index (χ1n) is 10.1. The lowest BCUT2D eigenvalue weighted by molar-refractivity contribution is -0.143. The van der Waals surface area contributed by atoms with Crippen LogP contribution in [0, 0.1) is 18.8 Å². The predicted octanol–water partition coefficient (Wildman–Crippen LogP) is 1.09. The number of halogens is 1. The zero-order valence-electron chi connectivity index (χ0n) is 17.1. The van der Waals surface area contributed by atoms with Crippen LogP contribution >= 0.6 is 11.6 Å². The Morgan fingerprint density at radius 1 is 1.40 bits per heavy atom.